The summed E-state index contributed by atoms with van der Waals surface area (Å²) in [4.78, 5) is 20.7. The molecule has 0 unspecified atom stereocenters. The molecule has 3 aromatic rings. The maximum atomic E-state index is 12.4. The van der Waals surface area contributed by atoms with Gasteiger partial charge in [-0.25, -0.2) is 9.97 Å². The van der Waals surface area contributed by atoms with Gasteiger partial charge < -0.3 is 20.1 Å². The first-order valence-corrected chi connectivity index (χ1v) is 9.41. The van der Waals surface area contributed by atoms with Crippen LogP contribution in [0, 0.1) is 0 Å². The van der Waals surface area contributed by atoms with Gasteiger partial charge in [-0.05, 0) is 49.2 Å². The minimum absolute atomic E-state index is 0.253. The molecule has 150 valence electrons. The fourth-order valence-corrected chi connectivity index (χ4v) is 2.81. The summed E-state index contributed by atoms with van der Waals surface area (Å²) in [5.41, 5.74) is 2.18. The molecule has 1 heterocycles. The maximum Gasteiger partial charge on any atom is 0.270 e. The standard InChI is InChI=1S/C22H24N4O3/c1-3-29-18-10-8-17(9-11-18)26-21-14-19(24-15-25-21)22(27)23-13-12-16-6-4-5-7-20(16)28-2/h4-11,14-15H,3,12-13H2,1-2H3,(H,23,27)(H,24,25,26). The average molecular weight is 392 g/mol. The second-order valence-corrected chi connectivity index (χ2v) is 6.19. The van der Waals surface area contributed by atoms with Gasteiger partial charge in [-0.2, -0.15) is 0 Å². The number of carbonyl (C=O) groups excluding carboxylic acids is 1. The van der Waals surface area contributed by atoms with Gasteiger partial charge in [0.05, 0.1) is 13.7 Å². The van der Waals surface area contributed by atoms with Crippen LogP contribution in [0.25, 0.3) is 0 Å². The van der Waals surface area contributed by atoms with E-state index in [2.05, 4.69) is 20.6 Å². The average Bonchev–Trinajstić information content (AvgIpc) is 2.76. The Balaban J connectivity index is 1.57. The van der Waals surface area contributed by atoms with Crippen LogP contribution in [-0.2, 0) is 6.42 Å². The Bertz CT molecular complexity index is 945. The summed E-state index contributed by atoms with van der Waals surface area (Å²) in [6, 6.07) is 16.9. The number of hydrogen-bond donors (Lipinski definition) is 2. The molecule has 0 bridgehead atoms. The fourth-order valence-electron chi connectivity index (χ4n) is 2.81. The van der Waals surface area contributed by atoms with Crippen molar-refractivity contribution in [3.05, 3.63) is 72.2 Å². The molecule has 2 aromatic carbocycles. The molecule has 0 radical (unpaired) electrons. The van der Waals surface area contributed by atoms with Gasteiger partial charge in [0.25, 0.3) is 5.91 Å². The van der Waals surface area contributed by atoms with Gasteiger partial charge >= 0.3 is 0 Å². The van der Waals surface area contributed by atoms with Gasteiger partial charge in [-0.3, -0.25) is 4.79 Å². The molecule has 3 rings (SSSR count). The topological polar surface area (TPSA) is 85.4 Å². The number of nitrogens with one attached hydrogen (secondary N) is 2. The number of amides is 1. The summed E-state index contributed by atoms with van der Waals surface area (Å²) >= 11 is 0. The van der Waals surface area contributed by atoms with E-state index in [1.165, 1.54) is 6.33 Å². The van der Waals surface area contributed by atoms with E-state index in [1.54, 1.807) is 13.2 Å². The van der Waals surface area contributed by atoms with Gasteiger partial charge in [0.2, 0.25) is 0 Å². The Morgan fingerprint density at radius 1 is 1.07 bits per heavy atom. The highest BCUT2D eigenvalue weighted by molar-refractivity contribution is 5.92. The first-order valence-electron chi connectivity index (χ1n) is 9.41. The molecule has 0 aliphatic carbocycles. The van der Waals surface area contributed by atoms with Crippen molar-refractivity contribution in [2.24, 2.45) is 0 Å². The van der Waals surface area contributed by atoms with Crippen LogP contribution in [0.2, 0.25) is 0 Å². The molecule has 7 heteroatoms. The van der Waals surface area contributed by atoms with Crippen LogP contribution >= 0.6 is 0 Å². The molecule has 0 saturated carbocycles. The Labute approximate surface area is 170 Å². The lowest BCUT2D eigenvalue weighted by molar-refractivity contribution is 0.0949. The highest BCUT2D eigenvalue weighted by atomic mass is 16.5. The van der Waals surface area contributed by atoms with Gasteiger partial charge in [0.1, 0.15) is 29.3 Å². The number of aromatic nitrogens is 2. The van der Waals surface area contributed by atoms with E-state index in [-0.39, 0.29) is 5.91 Å². The summed E-state index contributed by atoms with van der Waals surface area (Å²) in [6.07, 6.45) is 2.03. The number of hydrogen-bond acceptors (Lipinski definition) is 6. The van der Waals surface area contributed by atoms with Crippen LogP contribution < -0.4 is 20.1 Å². The van der Waals surface area contributed by atoms with E-state index < -0.39 is 0 Å². The van der Waals surface area contributed by atoms with Gasteiger partial charge in [0.15, 0.2) is 0 Å². The summed E-state index contributed by atoms with van der Waals surface area (Å²) < 4.78 is 10.8. The van der Waals surface area contributed by atoms with E-state index in [1.807, 2.05) is 55.5 Å². The van der Waals surface area contributed by atoms with Gasteiger partial charge in [-0.15, -0.1) is 0 Å². The number of anilines is 2. The first-order chi connectivity index (χ1) is 14.2. The Morgan fingerprint density at radius 2 is 1.86 bits per heavy atom. The monoisotopic (exact) mass is 392 g/mol. The quantitative estimate of drug-likeness (QED) is 0.579. The van der Waals surface area contributed by atoms with Crippen LogP contribution in [0.3, 0.4) is 0 Å². The molecule has 0 aliphatic heterocycles. The van der Waals surface area contributed by atoms with E-state index >= 15 is 0 Å². The number of para-hydroxylation sites is 1. The molecule has 1 amide bonds. The number of benzene rings is 2. The van der Waals surface area contributed by atoms with Crippen molar-refractivity contribution in [2.45, 2.75) is 13.3 Å². The van der Waals surface area contributed by atoms with Crippen molar-refractivity contribution in [2.75, 3.05) is 25.6 Å². The van der Waals surface area contributed by atoms with E-state index in [9.17, 15) is 4.79 Å². The normalized spacial score (nSPS) is 10.3. The number of methoxy groups -OCH3 is 1. The van der Waals surface area contributed by atoms with Crippen LogP contribution in [0.15, 0.2) is 60.9 Å². The molecule has 2 N–H and O–H groups in total. The third-order valence-corrected chi connectivity index (χ3v) is 4.21. The molecule has 1 aromatic heterocycles. The van der Waals surface area contributed by atoms with Crippen molar-refractivity contribution < 1.29 is 14.3 Å². The molecule has 0 atom stereocenters. The Kier molecular flexibility index (Phi) is 7.00. The van der Waals surface area contributed by atoms with Gasteiger partial charge in [0, 0.05) is 18.3 Å². The molecular formula is C22H24N4O3. The van der Waals surface area contributed by atoms with Crippen LogP contribution in [-0.4, -0.2) is 36.1 Å². The maximum absolute atomic E-state index is 12.4. The number of rotatable bonds is 9. The largest absolute Gasteiger partial charge is 0.496 e. The predicted octanol–water partition coefficient (Wildman–Crippen LogP) is 3.60. The van der Waals surface area contributed by atoms with Crippen molar-refractivity contribution >= 4 is 17.4 Å². The summed E-state index contributed by atoms with van der Waals surface area (Å²) in [5, 5.41) is 6.04. The molecule has 0 fully saturated rings. The predicted molar refractivity (Wildman–Crippen MR) is 112 cm³/mol. The summed E-state index contributed by atoms with van der Waals surface area (Å²) in [7, 11) is 1.64. The van der Waals surface area contributed by atoms with Crippen LogP contribution in [0.1, 0.15) is 23.0 Å². The lowest BCUT2D eigenvalue weighted by Gasteiger charge is -2.10. The SMILES string of the molecule is CCOc1ccc(Nc2cc(C(=O)NCCc3ccccc3OC)ncn2)cc1. The molecule has 29 heavy (non-hydrogen) atoms. The van der Waals surface area contributed by atoms with Crippen molar-refractivity contribution in [3.63, 3.8) is 0 Å². The van der Waals surface area contributed by atoms with E-state index in [0.717, 1.165) is 22.7 Å². The number of nitrogens with zero attached hydrogens (tertiary/aromatic N) is 2. The summed E-state index contributed by atoms with van der Waals surface area (Å²) in [5.74, 6) is 1.90. The van der Waals surface area contributed by atoms with E-state index in [0.29, 0.717) is 31.1 Å². The minimum Gasteiger partial charge on any atom is -0.496 e. The second kappa shape index (κ2) is 10.1. The number of ether oxygens (including phenoxy) is 2. The van der Waals surface area contributed by atoms with Crippen molar-refractivity contribution in [1.29, 1.82) is 0 Å². The zero-order valence-corrected chi connectivity index (χ0v) is 16.5. The van der Waals surface area contributed by atoms with Gasteiger partial charge in [-0.1, -0.05) is 18.2 Å². The van der Waals surface area contributed by atoms with Crippen LogP contribution in [0.5, 0.6) is 11.5 Å². The Hall–Kier alpha value is -3.61. The highest BCUT2D eigenvalue weighted by Gasteiger charge is 2.09. The number of carbonyl (C=O) groups is 1. The zero-order valence-electron chi connectivity index (χ0n) is 16.5. The smallest absolute Gasteiger partial charge is 0.270 e. The molecule has 7 nitrogen and oxygen atoms in total. The third kappa shape index (κ3) is 5.68. The molecule has 0 aliphatic rings. The zero-order chi connectivity index (χ0) is 20.5. The van der Waals surface area contributed by atoms with Crippen molar-refractivity contribution in [3.8, 4) is 11.5 Å². The summed E-state index contributed by atoms with van der Waals surface area (Å²) in [6.45, 7) is 3.04. The highest BCUT2D eigenvalue weighted by Crippen LogP contribution is 2.19. The molecule has 0 spiro atoms. The Morgan fingerprint density at radius 3 is 2.62 bits per heavy atom. The molecular weight excluding hydrogens is 368 g/mol. The second-order valence-electron chi connectivity index (χ2n) is 6.19. The fraction of sp³-hybridized carbons (Fsp3) is 0.227. The van der Waals surface area contributed by atoms with E-state index in [4.69, 9.17) is 9.47 Å². The minimum atomic E-state index is -0.253. The third-order valence-electron chi connectivity index (χ3n) is 4.21. The first kappa shape index (κ1) is 20.1. The lowest BCUT2D eigenvalue weighted by Crippen LogP contribution is -2.26. The van der Waals surface area contributed by atoms with Crippen LogP contribution in [0.4, 0.5) is 11.5 Å². The van der Waals surface area contributed by atoms with Crippen molar-refractivity contribution in [1.82, 2.24) is 15.3 Å². The lowest BCUT2D eigenvalue weighted by atomic mass is 10.1. The molecule has 0 saturated heterocycles.